The van der Waals surface area contributed by atoms with E-state index in [9.17, 15) is 9.59 Å². The van der Waals surface area contributed by atoms with Gasteiger partial charge in [-0.2, -0.15) is 0 Å². The predicted molar refractivity (Wildman–Crippen MR) is 125 cm³/mol. The highest BCUT2D eigenvalue weighted by Crippen LogP contribution is 2.53. The molecule has 4 rings (SSSR count). The van der Waals surface area contributed by atoms with Crippen LogP contribution in [0.25, 0.3) is 0 Å². The van der Waals surface area contributed by atoms with Crippen molar-refractivity contribution in [3.8, 4) is 11.5 Å². The molecule has 1 aromatic carbocycles. The monoisotopic (exact) mass is 458 g/mol. The molecule has 3 aliphatic rings. The van der Waals surface area contributed by atoms with Crippen molar-refractivity contribution in [3.63, 3.8) is 0 Å². The van der Waals surface area contributed by atoms with Gasteiger partial charge in [0.05, 0.1) is 19.3 Å². The fourth-order valence-electron chi connectivity index (χ4n) is 5.77. The highest BCUT2D eigenvalue weighted by atomic mass is 16.5. The van der Waals surface area contributed by atoms with Gasteiger partial charge < -0.3 is 24.4 Å². The Kier molecular flexibility index (Phi) is 6.63. The molecule has 3 aliphatic heterocycles. The minimum absolute atomic E-state index is 0.0220. The minimum Gasteiger partial charge on any atom is -0.497 e. The number of benzene rings is 1. The normalized spacial score (nSPS) is 28.6. The van der Waals surface area contributed by atoms with Crippen LogP contribution in [0.15, 0.2) is 18.2 Å². The number of carbonyl (C=O) groups excluding carboxylic acids is 2. The molecule has 5 atom stereocenters. The molecule has 0 aliphatic carbocycles. The van der Waals surface area contributed by atoms with Crippen molar-refractivity contribution in [3.05, 3.63) is 23.8 Å². The first-order chi connectivity index (χ1) is 15.6. The van der Waals surface area contributed by atoms with Gasteiger partial charge >= 0.3 is 0 Å². The van der Waals surface area contributed by atoms with Crippen LogP contribution in [0.4, 0.5) is 0 Å². The van der Waals surface area contributed by atoms with E-state index in [4.69, 9.17) is 14.2 Å². The molecule has 2 amide bonds. The number of piperidine rings is 1. The summed E-state index contributed by atoms with van der Waals surface area (Å²) in [6.07, 6.45) is 2.48. The molecule has 2 fully saturated rings. The Morgan fingerprint density at radius 2 is 2.06 bits per heavy atom. The van der Waals surface area contributed by atoms with E-state index in [1.807, 2.05) is 17.0 Å². The minimum atomic E-state index is -0.465. The van der Waals surface area contributed by atoms with Gasteiger partial charge in [-0.1, -0.05) is 13.8 Å². The zero-order valence-electron chi connectivity index (χ0n) is 20.7. The molecule has 7 heteroatoms. The molecule has 0 saturated carbocycles. The van der Waals surface area contributed by atoms with Crippen LogP contribution in [0.3, 0.4) is 0 Å². The summed E-state index contributed by atoms with van der Waals surface area (Å²) in [4.78, 5) is 26.9. The molecule has 7 nitrogen and oxygen atoms in total. The summed E-state index contributed by atoms with van der Waals surface area (Å²) >= 11 is 0. The maximum absolute atomic E-state index is 13.3. The van der Waals surface area contributed by atoms with Crippen LogP contribution in [0.2, 0.25) is 0 Å². The molecule has 0 aromatic heterocycles. The van der Waals surface area contributed by atoms with E-state index in [-0.39, 0.29) is 35.9 Å². The van der Waals surface area contributed by atoms with E-state index >= 15 is 0 Å². The van der Waals surface area contributed by atoms with Gasteiger partial charge in [0.1, 0.15) is 23.1 Å². The van der Waals surface area contributed by atoms with Crippen LogP contribution in [-0.4, -0.2) is 54.7 Å². The summed E-state index contributed by atoms with van der Waals surface area (Å²) in [7, 11) is 1.66. The van der Waals surface area contributed by atoms with E-state index in [1.54, 1.807) is 7.11 Å². The van der Waals surface area contributed by atoms with E-state index in [0.717, 1.165) is 29.9 Å². The zero-order valence-corrected chi connectivity index (χ0v) is 20.7. The van der Waals surface area contributed by atoms with Crippen molar-refractivity contribution in [1.82, 2.24) is 10.2 Å². The Labute approximate surface area is 197 Å². The van der Waals surface area contributed by atoms with Gasteiger partial charge in [-0.15, -0.1) is 0 Å². The van der Waals surface area contributed by atoms with Gasteiger partial charge in [0, 0.05) is 43.5 Å². The van der Waals surface area contributed by atoms with Gasteiger partial charge in [0.2, 0.25) is 11.8 Å². The number of rotatable bonds is 5. The van der Waals surface area contributed by atoms with Gasteiger partial charge in [0.25, 0.3) is 0 Å². The van der Waals surface area contributed by atoms with Crippen LogP contribution in [-0.2, 0) is 14.3 Å². The molecule has 1 aromatic rings. The molecule has 182 valence electrons. The first-order valence-electron chi connectivity index (χ1n) is 12.2. The van der Waals surface area contributed by atoms with E-state index in [2.05, 4.69) is 39.1 Å². The van der Waals surface area contributed by atoms with Crippen molar-refractivity contribution in [1.29, 1.82) is 0 Å². The first kappa shape index (κ1) is 23.9. The Bertz CT molecular complexity index is 899. The molecular weight excluding hydrogens is 420 g/mol. The van der Waals surface area contributed by atoms with Gasteiger partial charge in [-0.05, 0) is 51.2 Å². The number of carbonyl (C=O) groups is 2. The number of fused-ring (bicyclic) bond motifs is 4. The third kappa shape index (κ3) is 4.84. The van der Waals surface area contributed by atoms with Crippen LogP contribution < -0.4 is 14.8 Å². The molecule has 0 spiro atoms. The second kappa shape index (κ2) is 9.16. The van der Waals surface area contributed by atoms with Gasteiger partial charge in [-0.25, -0.2) is 0 Å². The van der Waals surface area contributed by atoms with Crippen molar-refractivity contribution in [2.45, 2.75) is 77.7 Å². The summed E-state index contributed by atoms with van der Waals surface area (Å²) in [6, 6.07) is 5.50. The van der Waals surface area contributed by atoms with E-state index in [1.165, 1.54) is 6.92 Å². The average molecular weight is 459 g/mol. The standard InChI is InChI=1S/C26H38N2O5/c1-15(2)11-21(27-16(3)29)25(30)28-10-9-22-17(14-28)12-20-24(32-22)19-8-7-18(31-6)13-23(19)33-26(20,4)5/h7-8,13,15,17,20-22,24H,9-12,14H2,1-6H3,(H,27,29)/t17-,20+,21+,22+,24-/m0/s1. The van der Waals surface area contributed by atoms with Gasteiger partial charge in [0.15, 0.2) is 0 Å². The second-order valence-corrected chi connectivity index (χ2v) is 10.8. The fraction of sp³-hybridized carbons (Fsp3) is 0.692. The quantitative estimate of drug-likeness (QED) is 0.728. The van der Waals surface area contributed by atoms with Gasteiger partial charge in [-0.3, -0.25) is 9.59 Å². The van der Waals surface area contributed by atoms with Crippen LogP contribution in [0.5, 0.6) is 11.5 Å². The molecular formula is C26H38N2O5. The molecule has 3 heterocycles. The highest BCUT2D eigenvalue weighted by molar-refractivity contribution is 5.87. The summed E-state index contributed by atoms with van der Waals surface area (Å²) in [5.74, 6) is 2.23. The number of hydrogen-bond donors (Lipinski definition) is 1. The van der Waals surface area contributed by atoms with Crippen molar-refractivity contribution < 1.29 is 23.8 Å². The maximum Gasteiger partial charge on any atom is 0.245 e. The molecule has 0 unspecified atom stereocenters. The summed E-state index contributed by atoms with van der Waals surface area (Å²) in [5.41, 5.74) is 0.692. The Balaban J connectivity index is 1.51. The number of ether oxygens (including phenoxy) is 3. The lowest BCUT2D eigenvalue weighted by Gasteiger charge is -2.53. The Hall–Kier alpha value is -2.28. The third-order valence-corrected chi connectivity index (χ3v) is 7.40. The topological polar surface area (TPSA) is 77.1 Å². The average Bonchev–Trinajstić information content (AvgIpc) is 2.75. The SMILES string of the molecule is COc1ccc2c(c1)OC(C)(C)[C@@H]1C[C@H]3CN(C(=O)[C@@H](CC(C)C)NC(C)=O)CC[C@H]3O[C@@H]21. The first-order valence-corrected chi connectivity index (χ1v) is 12.2. The summed E-state index contributed by atoms with van der Waals surface area (Å²) in [5, 5.41) is 2.87. The van der Waals surface area contributed by atoms with Crippen molar-refractivity contribution >= 4 is 11.8 Å². The smallest absolute Gasteiger partial charge is 0.245 e. The molecule has 2 saturated heterocycles. The number of likely N-dealkylation sites (tertiary alicyclic amines) is 1. The lowest BCUT2D eigenvalue weighted by molar-refractivity contribution is -0.189. The number of nitrogens with one attached hydrogen (secondary N) is 1. The molecule has 0 radical (unpaired) electrons. The molecule has 0 bridgehead atoms. The predicted octanol–water partition coefficient (Wildman–Crippen LogP) is 3.71. The molecule has 1 N–H and O–H groups in total. The fourth-order valence-corrected chi connectivity index (χ4v) is 5.77. The number of nitrogens with zero attached hydrogens (tertiary/aromatic N) is 1. The Morgan fingerprint density at radius 1 is 1.30 bits per heavy atom. The maximum atomic E-state index is 13.3. The third-order valence-electron chi connectivity index (χ3n) is 7.40. The lowest BCUT2D eigenvalue weighted by atomic mass is 9.70. The van der Waals surface area contributed by atoms with Crippen molar-refractivity contribution in [2.75, 3.05) is 20.2 Å². The van der Waals surface area contributed by atoms with Crippen LogP contribution in [0, 0.1) is 17.8 Å². The molecule has 33 heavy (non-hydrogen) atoms. The van der Waals surface area contributed by atoms with E-state index in [0.29, 0.717) is 25.4 Å². The Morgan fingerprint density at radius 3 is 2.73 bits per heavy atom. The number of hydrogen-bond acceptors (Lipinski definition) is 5. The van der Waals surface area contributed by atoms with E-state index < -0.39 is 11.6 Å². The largest absolute Gasteiger partial charge is 0.497 e. The summed E-state index contributed by atoms with van der Waals surface area (Å²) < 4.78 is 18.5. The number of amides is 2. The second-order valence-electron chi connectivity index (χ2n) is 10.8. The zero-order chi connectivity index (χ0) is 23.9. The van der Waals surface area contributed by atoms with Crippen LogP contribution >= 0.6 is 0 Å². The number of methoxy groups -OCH3 is 1. The highest BCUT2D eigenvalue weighted by Gasteiger charge is 2.51. The van der Waals surface area contributed by atoms with Crippen LogP contribution in [0.1, 0.15) is 65.5 Å². The summed E-state index contributed by atoms with van der Waals surface area (Å²) in [6.45, 7) is 11.2. The van der Waals surface area contributed by atoms with Crippen molar-refractivity contribution in [2.24, 2.45) is 17.8 Å². The lowest BCUT2D eigenvalue weighted by Crippen LogP contribution is -2.58.